The molecule has 0 saturated carbocycles. The van der Waals surface area contributed by atoms with Crippen LogP contribution < -0.4 is 4.90 Å². The van der Waals surface area contributed by atoms with Crippen molar-refractivity contribution in [3.63, 3.8) is 0 Å². The summed E-state index contributed by atoms with van der Waals surface area (Å²) in [6, 6.07) is 8.53. The number of hydrogen-bond acceptors (Lipinski definition) is 6. The topological polar surface area (TPSA) is 48.6 Å². The van der Waals surface area contributed by atoms with Crippen LogP contribution in [0.25, 0.3) is 11.4 Å². The fraction of sp³-hybridized carbons (Fsp3) is 0.579. The first-order valence-electron chi connectivity index (χ1n) is 9.25. The van der Waals surface area contributed by atoms with E-state index >= 15 is 0 Å². The largest absolute Gasteiger partial charge is 0.369 e. The summed E-state index contributed by atoms with van der Waals surface area (Å²) in [4.78, 5) is 11.9. The molecule has 2 aliphatic heterocycles. The molecule has 2 fully saturated rings. The summed E-state index contributed by atoms with van der Waals surface area (Å²) in [6.45, 7) is 6.53. The maximum absolute atomic E-state index is 5.59. The Morgan fingerprint density at radius 2 is 1.68 bits per heavy atom. The lowest BCUT2D eigenvalue weighted by Gasteiger charge is -2.34. The molecular weight excluding hydrogens is 314 g/mol. The summed E-state index contributed by atoms with van der Waals surface area (Å²) >= 11 is 0. The number of benzene rings is 1. The van der Waals surface area contributed by atoms with Gasteiger partial charge in [-0.15, -0.1) is 0 Å². The van der Waals surface area contributed by atoms with Gasteiger partial charge < -0.3 is 19.2 Å². The molecule has 0 spiro atoms. The van der Waals surface area contributed by atoms with Gasteiger partial charge in [0, 0.05) is 43.3 Å². The molecule has 25 heavy (non-hydrogen) atoms. The van der Waals surface area contributed by atoms with Crippen LogP contribution in [0.4, 0.5) is 5.69 Å². The van der Waals surface area contributed by atoms with E-state index in [1.54, 1.807) is 0 Å². The first-order chi connectivity index (χ1) is 12.2. The third-order valence-electron chi connectivity index (χ3n) is 5.48. The van der Waals surface area contributed by atoms with E-state index < -0.39 is 0 Å². The average molecular weight is 341 g/mol. The van der Waals surface area contributed by atoms with Crippen molar-refractivity contribution < 1.29 is 4.52 Å². The highest BCUT2D eigenvalue weighted by atomic mass is 16.5. The monoisotopic (exact) mass is 341 g/mol. The Labute approximate surface area is 149 Å². The lowest BCUT2D eigenvalue weighted by atomic mass is 9.97. The Hall–Kier alpha value is -1.92. The van der Waals surface area contributed by atoms with E-state index in [-0.39, 0.29) is 0 Å². The Morgan fingerprint density at radius 1 is 0.960 bits per heavy atom. The molecule has 4 rings (SSSR count). The predicted octanol–water partition coefficient (Wildman–Crippen LogP) is 2.30. The van der Waals surface area contributed by atoms with E-state index in [0.717, 1.165) is 63.6 Å². The number of likely N-dealkylation sites (N-methyl/N-ethyl adjacent to an activating group) is 1. The quantitative estimate of drug-likeness (QED) is 0.854. The van der Waals surface area contributed by atoms with Crippen LogP contribution in [0, 0.1) is 0 Å². The Bertz CT molecular complexity index is 699. The van der Waals surface area contributed by atoms with Gasteiger partial charge in [0.2, 0.25) is 11.7 Å². The molecule has 2 aliphatic rings. The molecule has 2 aromatic rings. The number of rotatable bonds is 3. The van der Waals surface area contributed by atoms with Crippen molar-refractivity contribution in [2.24, 2.45) is 0 Å². The lowest BCUT2D eigenvalue weighted by Crippen LogP contribution is -2.44. The van der Waals surface area contributed by atoms with E-state index in [0.29, 0.717) is 11.7 Å². The van der Waals surface area contributed by atoms with Gasteiger partial charge in [0.1, 0.15) is 0 Å². The number of piperazine rings is 1. The minimum absolute atomic E-state index is 0.401. The summed E-state index contributed by atoms with van der Waals surface area (Å²) in [5, 5.41) is 4.25. The smallest absolute Gasteiger partial charge is 0.230 e. The zero-order valence-electron chi connectivity index (χ0n) is 15.2. The molecule has 1 aromatic heterocycles. The van der Waals surface area contributed by atoms with Crippen LogP contribution in [0.2, 0.25) is 0 Å². The van der Waals surface area contributed by atoms with Gasteiger partial charge in [-0.1, -0.05) is 17.3 Å². The van der Waals surface area contributed by atoms with Crippen LogP contribution in [0.15, 0.2) is 28.8 Å². The van der Waals surface area contributed by atoms with Crippen LogP contribution in [0.3, 0.4) is 0 Å². The molecule has 0 radical (unpaired) electrons. The highest BCUT2D eigenvalue weighted by molar-refractivity contribution is 5.63. The Kier molecular flexibility index (Phi) is 4.72. The molecule has 0 unspecified atom stereocenters. The average Bonchev–Trinajstić information content (AvgIpc) is 3.13. The molecule has 3 heterocycles. The molecular formula is C19H27N5O. The maximum atomic E-state index is 5.59. The molecule has 0 amide bonds. The van der Waals surface area contributed by atoms with Gasteiger partial charge in [0.25, 0.3) is 0 Å². The number of likely N-dealkylation sites (tertiary alicyclic amines) is 1. The summed E-state index contributed by atoms with van der Waals surface area (Å²) in [5.74, 6) is 1.91. The number of nitrogens with zero attached hydrogens (tertiary/aromatic N) is 5. The summed E-state index contributed by atoms with van der Waals surface area (Å²) in [5.41, 5.74) is 2.29. The van der Waals surface area contributed by atoms with E-state index in [4.69, 9.17) is 9.51 Å². The van der Waals surface area contributed by atoms with Gasteiger partial charge in [0.05, 0.1) is 0 Å². The number of anilines is 1. The summed E-state index contributed by atoms with van der Waals surface area (Å²) in [6.07, 6.45) is 2.19. The highest BCUT2D eigenvalue weighted by Gasteiger charge is 2.24. The molecule has 134 valence electrons. The third-order valence-corrected chi connectivity index (χ3v) is 5.48. The Morgan fingerprint density at radius 3 is 2.44 bits per heavy atom. The van der Waals surface area contributed by atoms with Gasteiger partial charge in [-0.2, -0.15) is 4.98 Å². The molecule has 0 bridgehead atoms. The number of hydrogen-bond donors (Lipinski definition) is 0. The normalized spacial score (nSPS) is 21.0. The minimum Gasteiger partial charge on any atom is -0.369 e. The first kappa shape index (κ1) is 16.5. The highest BCUT2D eigenvalue weighted by Crippen LogP contribution is 2.29. The lowest BCUT2D eigenvalue weighted by molar-refractivity contribution is 0.227. The van der Waals surface area contributed by atoms with Gasteiger partial charge in [0.15, 0.2) is 0 Å². The molecule has 2 saturated heterocycles. The second-order valence-corrected chi connectivity index (χ2v) is 7.37. The van der Waals surface area contributed by atoms with Crippen LogP contribution in [0.5, 0.6) is 0 Å². The van der Waals surface area contributed by atoms with Gasteiger partial charge in [-0.3, -0.25) is 0 Å². The fourth-order valence-corrected chi connectivity index (χ4v) is 3.68. The van der Waals surface area contributed by atoms with Crippen molar-refractivity contribution in [1.82, 2.24) is 19.9 Å². The fourth-order valence-electron chi connectivity index (χ4n) is 3.68. The second kappa shape index (κ2) is 7.14. The molecule has 6 heteroatoms. The van der Waals surface area contributed by atoms with Crippen molar-refractivity contribution in [3.05, 3.63) is 30.2 Å². The van der Waals surface area contributed by atoms with Crippen LogP contribution in [-0.2, 0) is 0 Å². The summed E-state index contributed by atoms with van der Waals surface area (Å²) in [7, 11) is 4.34. The van der Waals surface area contributed by atoms with Crippen LogP contribution in [-0.4, -0.2) is 73.3 Å². The van der Waals surface area contributed by atoms with Crippen molar-refractivity contribution in [3.8, 4) is 11.4 Å². The van der Waals surface area contributed by atoms with Crippen molar-refractivity contribution >= 4 is 5.69 Å². The number of piperidine rings is 1. The number of aromatic nitrogens is 2. The Balaban J connectivity index is 1.49. The maximum Gasteiger partial charge on any atom is 0.230 e. The van der Waals surface area contributed by atoms with Crippen molar-refractivity contribution in [1.29, 1.82) is 0 Å². The first-order valence-corrected chi connectivity index (χ1v) is 9.25. The molecule has 0 N–H and O–H groups in total. The molecule has 6 nitrogen and oxygen atoms in total. The van der Waals surface area contributed by atoms with Gasteiger partial charge in [-0.05, 0) is 52.2 Å². The van der Waals surface area contributed by atoms with Gasteiger partial charge >= 0.3 is 0 Å². The van der Waals surface area contributed by atoms with Crippen molar-refractivity contribution in [2.45, 2.75) is 18.8 Å². The van der Waals surface area contributed by atoms with E-state index in [9.17, 15) is 0 Å². The van der Waals surface area contributed by atoms with E-state index in [1.807, 2.05) is 0 Å². The van der Waals surface area contributed by atoms with Gasteiger partial charge in [-0.25, -0.2) is 0 Å². The molecule has 0 aliphatic carbocycles. The van der Waals surface area contributed by atoms with E-state index in [1.165, 1.54) is 5.69 Å². The zero-order chi connectivity index (χ0) is 17.2. The summed E-state index contributed by atoms with van der Waals surface area (Å²) < 4.78 is 5.59. The van der Waals surface area contributed by atoms with E-state index in [2.05, 4.69) is 58.2 Å². The standard InChI is InChI=1S/C19H27N5O/c1-22-8-6-15(7-9-22)19-20-18(21-25-19)16-4-3-5-17(14-16)24-12-10-23(2)11-13-24/h3-5,14-15H,6-13H2,1-2H3. The third kappa shape index (κ3) is 3.70. The zero-order valence-corrected chi connectivity index (χ0v) is 15.2. The predicted molar refractivity (Wildman–Crippen MR) is 98.9 cm³/mol. The SMILES string of the molecule is CN1CCC(c2nc(-c3cccc(N4CCN(C)CC4)c3)no2)CC1. The van der Waals surface area contributed by atoms with Crippen LogP contribution >= 0.6 is 0 Å². The second-order valence-electron chi connectivity index (χ2n) is 7.37. The molecule has 1 aromatic carbocycles. The van der Waals surface area contributed by atoms with Crippen LogP contribution in [0.1, 0.15) is 24.7 Å². The van der Waals surface area contributed by atoms with Crippen molar-refractivity contribution in [2.75, 3.05) is 58.3 Å². The molecule has 0 atom stereocenters. The minimum atomic E-state index is 0.401.